The van der Waals surface area contributed by atoms with E-state index in [0.717, 1.165) is 11.1 Å². The zero-order valence-electron chi connectivity index (χ0n) is 9.89. The quantitative estimate of drug-likeness (QED) is 0.711. The van der Waals surface area contributed by atoms with Crippen LogP contribution in [-0.2, 0) is 7.05 Å². The highest BCUT2D eigenvalue weighted by Crippen LogP contribution is 2.31. The van der Waals surface area contributed by atoms with Gasteiger partial charge in [0, 0.05) is 36.1 Å². The predicted molar refractivity (Wildman–Crippen MR) is 70.5 cm³/mol. The van der Waals surface area contributed by atoms with E-state index < -0.39 is 0 Å². The molecule has 0 aliphatic rings. The number of fused-ring (bicyclic) bond motifs is 1. The molecule has 0 saturated heterocycles. The Balaban J connectivity index is 2.36. The van der Waals surface area contributed by atoms with Gasteiger partial charge in [0.15, 0.2) is 0 Å². The van der Waals surface area contributed by atoms with Crippen molar-refractivity contribution in [3.8, 4) is 11.3 Å². The number of hydrogen-bond donors (Lipinski definition) is 1. The number of aromatic nitrogens is 2. The maximum absolute atomic E-state index is 14.0. The molecule has 3 nitrogen and oxygen atoms in total. The first-order valence-corrected chi connectivity index (χ1v) is 5.62. The third kappa shape index (κ3) is 1.54. The smallest absolute Gasteiger partial charge is 0.133 e. The topological polar surface area (TPSA) is 43.8 Å². The molecule has 0 aliphatic heterocycles. The Kier molecular flexibility index (Phi) is 2.30. The van der Waals surface area contributed by atoms with Crippen LogP contribution in [0.4, 0.5) is 10.1 Å². The van der Waals surface area contributed by atoms with Crippen molar-refractivity contribution < 1.29 is 4.39 Å². The van der Waals surface area contributed by atoms with Gasteiger partial charge in [-0.2, -0.15) is 0 Å². The van der Waals surface area contributed by atoms with Crippen molar-refractivity contribution in [3.05, 3.63) is 48.5 Å². The molecule has 18 heavy (non-hydrogen) atoms. The molecule has 0 atom stereocenters. The SMILES string of the molecule is Cn1cc(-c2cc(N)ccn2)c2c(F)cccc21. The van der Waals surface area contributed by atoms with Gasteiger partial charge < -0.3 is 10.3 Å². The first-order chi connectivity index (χ1) is 8.66. The van der Waals surface area contributed by atoms with Gasteiger partial charge in [-0.3, -0.25) is 4.98 Å². The number of hydrogen-bond acceptors (Lipinski definition) is 2. The normalized spacial score (nSPS) is 11.0. The van der Waals surface area contributed by atoms with Crippen LogP contribution in [0, 0.1) is 5.82 Å². The molecule has 0 unspecified atom stereocenters. The van der Waals surface area contributed by atoms with E-state index >= 15 is 0 Å². The van der Waals surface area contributed by atoms with Gasteiger partial charge in [0.2, 0.25) is 0 Å². The molecular formula is C14H12FN3. The molecule has 4 heteroatoms. The molecule has 0 amide bonds. The summed E-state index contributed by atoms with van der Waals surface area (Å²) >= 11 is 0. The van der Waals surface area contributed by atoms with Crippen molar-refractivity contribution in [2.45, 2.75) is 0 Å². The Morgan fingerprint density at radius 1 is 1.28 bits per heavy atom. The summed E-state index contributed by atoms with van der Waals surface area (Å²) in [7, 11) is 1.89. The number of pyridine rings is 1. The molecule has 3 rings (SSSR count). The Hall–Kier alpha value is -2.36. The third-order valence-electron chi connectivity index (χ3n) is 3.02. The predicted octanol–water partition coefficient (Wildman–Crippen LogP) is 2.96. The fourth-order valence-corrected chi connectivity index (χ4v) is 2.19. The van der Waals surface area contributed by atoms with E-state index in [-0.39, 0.29) is 5.82 Å². The fraction of sp³-hybridized carbons (Fsp3) is 0.0714. The second-order valence-electron chi connectivity index (χ2n) is 4.26. The van der Waals surface area contributed by atoms with Gasteiger partial charge in [0.1, 0.15) is 5.82 Å². The molecule has 90 valence electrons. The van der Waals surface area contributed by atoms with Crippen LogP contribution >= 0.6 is 0 Å². The number of rotatable bonds is 1. The number of halogens is 1. The number of nitrogens with zero attached hydrogens (tertiary/aromatic N) is 2. The fourth-order valence-electron chi connectivity index (χ4n) is 2.19. The standard InChI is InChI=1S/C14H12FN3/c1-18-8-10(12-7-9(16)5-6-17-12)14-11(15)3-2-4-13(14)18/h2-8H,1H3,(H2,16,17). The van der Waals surface area contributed by atoms with E-state index in [9.17, 15) is 4.39 Å². The van der Waals surface area contributed by atoms with Gasteiger partial charge in [0.05, 0.1) is 11.2 Å². The minimum atomic E-state index is -0.243. The third-order valence-corrected chi connectivity index (χ3v) is 3.02. The summed E-state index contributed by atoms with van der Waals surface area (Å²) in [4.78, 5) is 4.25. The molecule has 2 aromatic heterocycles. The minimum absolute atomic E-state index is 0.243. The second kappa shape index (κ2) is 3.84. The average Bonchev–Trinajstić information content (AvgIpc) is 2.69. The summed E-state index contributed by atoms with van der Waals surface area (Å²) in [6, 6.07) is 8.51. The zero-order valence-corrected chi connectivity index (χ0v) is 9.89. The van der Waals surface area contributed by atoms with Crippen molar-refractivity contribution in [3.63, 3.8) is 0 Å². The van der Waals surface area contributed by atoms with E-state index in [4.69, 9.17) is 5.73 Å². The van der Waals surface area contributed by atoms with Crippen LogP contribution in [0.15, 0.2) is 42.7 Å². The summed E-state index contributed by atoms with van der Waals surface area (Å²) < 4.78 is 15.9. The Morgan fingerprint density at radius 2 is 2.11 bits per heavy atom. The van der Waals surface area contributed by atoms with Gasteiger partial charge in [-0.05, 0) is 24.3 Å². The van der Waals surface area contributed by atoms with Crippen LogP contribution in [0.1, 0.15) is 0 Å². The minimum Gasteiger partial charge on any atom is -0.399 e. The van der Waals surface area contributed by atoms with Gasteiger partial charge in [0.25, 0.3) is 0 Å². The first-order valence-electron chi connectivity index (χ1n) is 5.62. The molecule has 0 saturated carbocycles. The largest absolute Gasteiger partial charge is 0.399 e. The van der Waals surface area contributed by atoms with Crippen LogP contribution in [0.5, 0.6) is 0 Å². The van der Waals surface area contributed by atoms with Crippen molar-refractivity contribution in [2.24, 2.45) is 7.05 Å². The summed E-state index contributed by atoms with van der Waals surface area (Å²) in [5.41, 5.74) is 8.65. The van der Waals surface area contributed by atoms with E-state index in [1.165, 1.54) is 6.07 Å². The monoisotopic (exact) mass is 241 g/mol. The number of aryl methyl sites for hydroxylation is 1. The Labute approximate surface area is 104 Å². The Morgan fingerprint density at radius 3 is 2.89 bits per heavy atom. The molecule has 2 N–H and O–H groups in total. The maximum Gasteiger partial charge on any atom is 0.133 e. The zero-order chi connectivity index (χ0) is 12.7. The second-order valence-corrected chi connectivity index (χ2v) is 4.26. The summed E-state index contributed by atoms with van der Waals surface area (Å²) in [5.74, 6) is -0.243. The lowest BCUT2D eigenvalue weighted by atomic mass is 10.1. The molecule has 0 bridgehead atoms. The average molecular weight is 241 g/mol. The number of anilines is 1. The van der Waals surface area contributed by atoms with Crippen LogP contribution in [0.25, 0.3) is 22.2 Å². The molecule has 0 fully saturated rings. The maximum atomic E-state index is 14.0. The molecule has 1 aromatic carbocycles. The highest BCUT2D eigenvalue weighted by Gasteiger charge is 2.13. The van der Waals surface area contributed by atoms with Crippen LogP contribution in [-0.4, -0.2) is 9.55 Å². The lowest BCUT2D eigenvalue weighted by Crippen LogP contribution is -1.88. The molecule has 2 heterocycles. The number of nitrogens with two attached hydrogens (primary N) is 1. The molecular weight excluding hydrogens is 229 g/mol. The highest BCUT2D eigenvalue weighted by molar-refractivity contribution is 5.95. The van der Waals surface area contributed by atoms with Crippen LogP contribution < -0.4 is 5.73 Å². The van der Waals surface area contributed by atoms with Crippen molar-refractivity contribution in [2.75, 3.05) is 5.73 Å². The summed E-state index contributed by atoms with van der Waals surface area (Å²) in [6.45, 7) is 0. The van der Waals surface area contributed by atoms with E-state index in [1.54, 1.807) is 24.4 Å². The van der Waals surface area contributed by atoms with E-state index in [2.05, 4.69) is 4.98 Å². The lowest BCUT2D eigenvalue weighted by molar-refractivity contribution is 0.640. The first kappa shape index (κ1) is 10.8. The molecule has 3 aromatic rings. The van der Waals surface area contributed by atoms with E-state index in [1.807, 2.05) is 23.9 Å². The summed E-state index contributed by atoms with van der Waals surface area (Å²) in [6.07, 6.45) is 3.50. The van der Waals surface area contributed by atoms with Crippen LogP contribution in [0.3, 0.4) is 0 Å². The molecule has 0 aliphatic carbocycles. The number of benzene rings is 1. The molecule has 0 spiro atoms. The highest BCUT2D eigenvalue weighted by atomic mass is 19.1. The van der Waals surface area contributed by atoms with Crippen molar-refractivity contribution in [1.82, 2.24) is 9.55 Å². The van der Waals surface area contributed by atoms with Gasteiger partial charge in [-0.1, -0.05) is 6.07 Å². The summed E-state index contributed by atoms with van der Waals surface area (Å²) in [5, 5.41) is 0.582. The van der Waals surface area contributed by atoms with Crippen molar-refractivity contribution >= 4 is 16.6 Å². The molecule has 0 radical (unpaired) electrons. The van der Waals surface area contributed by atoms with Gasteiger partial charge in [-0.25, -0.2) is 4.39 Å². The Bertz CT molecular complexity index is 731. The van der Waals surface area contributed by atoms with Gasteiger partial charge >= 0.3 is 0 Å². The number of nitrogen functional groups attached to an aromatic ring is 1. The van der Waals surface area contributed by atoms with Crippen LogP contribution in [0.2, 0.25) is 0 Å². The van der Waals surface area contributed by atoms with Gasteiger partial charge in [-0.15, -0.1) is 0 Å². The van der Waals surface area contributed by atoms with E-state index in [0.29, 0.717) is 16.8 Å². The lowest BCUT2D eigenvalue weighted by Gasteiger charge is -2.00. The van der Waals surface area contributed by atoms with Crippen molar-refractivity contribution in [1.29, 1.82) is 0 Å².